The molecule has 1 unspecified atom stereocenters. The van der Waals surface area contributed by atoms with E-state index >= 15 is 0 Å². The van der Waals surface area contributed by atoms with Gasteiger partial charge in [0.15, 0.2) is 11.8 Å². The summed E-state index contributed by atoms with van der Waals surface area (Å²) in [6.07, 6.45) is 1.64. The summed E-state index contributed by atoms with van der Waals surface area (Å²) in [4.78, 5) is 13.2. The molecule has 2 N–H and O–H groups in total. The Bertz CT molecular complexity index is 552. The first kappa shape index (κ1) is 14.6. The molecule has 0 fully saturated rings. The number of carbonyl (C=O) groups excluding carboxylic acids is 1. The van der Waals surface area contributed by atoms with E-state index in [1.165, 1.54) is 0 Å². The summed E-state index contributed by atoms with van der Waals surface area (Å²) in [5.41, 5.74) is 0.747. The zero-order chi connectivity index (χ0) is 14.5. The number of anilines is 1. The van der Waals surface area contributed by atoms with Crippen LogP contribution in [0.1, 0.15) is 12.7 Å². The highest BCUT2D eigenvalue weighted by Crippen LogP contribution is 2.13. The van der Waals surface area contributed by atoms with Gasteiger partial charge in [0, 0.05) is 10.7 Å². The normalized spacial score (nSPS) is 13.8. The third kappa shape index (κ3) is 3.85. The largest absolute Gasteiger partial charge is 0.463 e. The highest BCUT2D eigenvalue weighted by molar-refractivity contribution is 6.30. The lowest BCUT2D eigenvalue weighted by Crippen LogP contribution is -3.12. The molecule has 0 saturated carbocycles. The van der Waals surface area contributed by atoms with Gasteiger partial charge >= 0.3 is 0 Å². The standard InChI is InChI=1S/C15H17ClN2O2/c1-11(18(2)10-14-4-3-9-20-14)15(19)17-13-7-5-12(16)6-8-13/h3-9,11H,10H2,1-2H3,(H,17,19)/p+1/t11-/m0/s1. The zero-order valence-electron chi connectivity index (χ0n) is 11.5. The van der Waals surface area contributed by atoms with Crippen LogP contribution in [-0.2, 0) is 11.3 Å². The Kier molecular flexibility index (Phi) is 4.82. The second-order valence-electron chi connectivity index (χ2n) is 4.82. The summed E-state index contributed by atoms with van der Waals surface area (Å²) in [5.74, 6) is 0.838. The van der Waals surface area contributed by atoms with Crippen molar-refractivity contribution < 1.29 is 14.1 Å². The number of rotatable bonds is 5. The number of halogens is 1. The molecule has 0 aliphatic heterocycles. The van der Waals surface area contributed by atoms with Gasteiger partial charge < -0.3 is 14.6 Å². The van der Waals surface area contributed by atoms with E-state index in [-0.39, 0.29) is 11.9 Å². The van der Waals surface area contributed by atoms with Gasteiger partial charge in [0.05, 0.1) is 13.3 Å². The average Bonchev–Trinajstić information content (AvgIpc) is 2.93. The minimum atomic E-state index is -0.184. The number of amides is 1. The molecular weight excluding hydrogens is 276 g/mol. The van der Waals surface area contributed by atoms with Crippen molar-refractivity contribution in [3.05, 3.63) is 53.4 Å². The van der Waals surface area contributed by atoms with Gasteiger partial charge in [0.25, 0.3) is 5.91 Å². The van der Waals surface area contributed by atoms with Crippen LogP contribution in [0.3, 0.4) is 0 Å². The molecule has 106 valence electrons. The van der Waals surface area contributed by atoms with Crippen molar-refractivity contribution in [1.29, 1.82) is 0 Å². The third-order valence-electron chi connectivity index (χ3n) is 3.28. The number of hydrogen-bond acceptors (Lipinski definition) is 2. The molecule has 0 aliphatic rings. The van der Waals surface area contributed by atoms with E-state index in [9.17, 15) is 4.79 Å². The number of furan rings is 1. The molecule has 0 saturated heterocycles. The third-order valence-corrected chi connectivity index (χ3v) is 3.53. The first-order valence-electron chi connectivity index (χ1n) is 6.47. The molecule has 0 bridgehead atoms. The summed E-state index contributed by atoms with van der Waals surface area (Å²) in [6, 6.07) is 10.6. The summed E-state index contributed by atoms with van der Waals surface area (Å²) in [5, 5.41) is 3.53. The zero-order valence-corrected chi connectivity index (χ0v) is 12.3. The van der Waals surface area contributed by atoms with Gasteiger partial charge in [-0.1, -0.05) is 11.6 Å². The Labute approximate surface area is 123 Å². The van der Waals surface area contributed by atoms with Crippen molar-refractivity contribution in [3.8, 4) is 0 Å². The molecule has 2 aromatic rings. The van der Waals surface area contributed by atoms with Gasteiger partial charge in [-0.15, -0.1) is 0 Å². The van der Waals surface area contributed by atoms with Gasteiger partial charge in [-0.3, -0.25) is 4.79 Å². The summed E-state index contributed by atoms with van der Waals surface area (Å²) < 4.78 is 5.30. The van der Waals surface area contributed by atoms with E-state index in [1.54, 1.807) is 30.5 Å². The predicted molar refractivity (Wildman–Crippen MR) is 78.8 cm³/mol. The number of likely N-dealkylation sites (N-methyl/N-ethyl adjacent to an activating group) is 1. The van der Waals surface area contributed by atoms with Crippen LogP contribution >= 0.6 is 11.6 Å². The maximum absolute atomic E-state index is 12.2. The van der Waals surface area contributed by atoms with Gasteiger partial charge in [0.2, 0.25) is 0 Å². The molecule has 4 nitrogen and oxygen atoms in total. The van der Waals surface area contributed by atoms with E-state index in [4.69, 9.17) is 16.0 Å². The highest BCUT2D eigenvalue weighted by atomic mass is 35.5. The smallest absolute Gasteiger partial charge is 0.282 e. The van der Waals surface area contributed by atoms with Crippen LogP contribution in [-0.4, -0.2) is 19.0 Å². The monoisotopic (exact) mass is 293 g/mol. The van der Waals surface area contributed by atoms with Crippen LogP contribution in [0.15, 0.2) is 47.1 Å². The predicted octanol–water partition coefficient (Wildman–Crippen LogP) is 1.97. The molecule has 20 heavy (non-hydrogen) atoms. The lowest BCUT2D eigenvalue weighted by atomic mass is 10.2. The second-order valence-corrected chi connectivity index (χ2v) is 5.26. The minimum absolute atomic E-state index is 0.0311. The lowest BCUT2D eigenvalue weighted by Gasteiger charge is -2.20. The number of nitrogens with one attached hydrogen (secondary N) is 2. The second kappa shape index (κ2) is 6.59. The molecule has 5 heteroatoms. The van der Waals surface area contributed by atoms with Crippen molar-refractivity contribution in [1.82, 2.24) is 0 Å². The maximum atomic E-state index is 12.2. The number of carbonyl (C=O) groups is 1. The molecule has 2 atom stereocenters. The van der Waals surface area contributed by atoms with Crippen LogP contribution in [0.5, 0.6) is 0 Å². The van der Waals surface area contributed by atoms with E-state index in [1.807, 2.05) is 26.1 Å². The van der Waals surface area contributed by atoms with Crippen molar-refractivity contribution in [2.45, 2.75) is 19.5 Å². The molecule has 1 aromatic heterocycles. The SMILES string of the molecule is C[C@@H](C(=O)Nc1ccc(Cl)cc1)[NH+](C)Cc1ccco1. The van der Waals surface area contributed by atoms with Crippen LogP contribution in [0, 0.1) is 0 Å². The fourth-order valence-corrected chi connectivity index (χ4v) is 1.97. The number of hydrogen-bond donors (Lipinski definition) is 2. The van der Waals surface area contributed by atoms with Crippen molar-refractivity contribution in [2.24, 2.45) is 0 Å². The maximum Gasteiger partial charge on any atom is 0.282 e. The van der Waals surface area contributed by atoms with Crippen LogP contribution in [0.2, 0.25) is 5.02 Å². The van der Waals surface area contributed by atoms with Crippen LogP contribution in [0.4, 0.5) is 5.69 Å². The number of quaternary nitrogens is 1. The quantitative estimate of drug-likeness (QED) is 0.885. The number of benzene rings is 1. The molecule has 1 heterocycles. The Morgan fingerprint density at radius 3 is 2.65 bits per heavy atom. The summed E-state index contributed by atoms with van der Waals surface area (Å²) in [7, 11) is 1.97. The fourth-order valence-electron chi connectivity index (χ4n) is 1.85. The molecule has 0 spiro atoms. The van der Waals surface area contributed by atoms with Gasteiger partial charge in [-0.05, 0) is 43.3 Å². The van der Waals surface area contributed by atoms with E-state index in [0.29, 0.717) is 11.6 Å². The summed E-state index contributed by atoms with van der Waals surface area (Å²) >= 11 is 5.81. The van der Waals surface area contributed by atoms with Crippen molar-refractivity contribution in [3.63, 3.8) is 0 Å². The van der Waals surface area contributed by atoms with E-state index in [0.717, 1.165) is 16.3 Å². The molecular formula is C15H18ClN2O2+. The Morgan fingerprint density at radius 1 is 1.35 bits per heavy atom. The van der Waals surface area contributed by atoms with Gasteiger partial charge in [0.1, 0.15) is 6.54 Å². The first-order chi connectivity index (χ1) is 9.56. The highest BCUT2D eigenvalue weighted by Gasteiger charge is 2.22. The molecule has 0 aliphatic carbocycles. The van der Waals surface area contributed by atoms with Crippen LogP contribution < -0.4 is 10.2 Å². The average molecular weight is 294 g/mol. The summed E-state index contributed by atoms with van der Waals surface area (Å²) in [6.45, 7) is 2.56. The van der Waals surface area contributed by atoms with Crippen molar-refractivity contribution in [2.75, 3.05) is 12.4 Å². The first-order valence-corrected chi connectivity index (χ1v) is 6.85. The lowest BCUT2D eigenvalue weighted by molar-refractivity contribution is -0.908. The van der Waals surface area contributed by atoms with E-state index < -0.39 is 0 Å². The van der Waals surface area contributed by atoms with Gasteiger partial charge in [-0.2, -0.15) is 0 Å². The Hall–Kier alpha value is -1.78. The Morgan fingerprint density at radius 2 is 2.05 bits per heavy atom. The fraction of sp³-hybridized carbons (Fsp3) is 0.267. The van der Waals surface area contributed by atoms with E-state index in [2.05, 4.69) is 5.32 Å². The van der Waals surface area contributed by atoms with Crippen molar-refractivity contribution >= 4 is 23.2 Å². The molecule has 1 aromatic carbocycles. The molecule has 0 radical (unpaired) electrons. The topological polar surface area (TPSA) is 46.7 Å². The molecule has 1 amide bonds. The van der Waals surface area contributed by atoms with Gasteiger partial charge in [-0.25, -0.2) is 0 Å². The molecule has 2 rings (SSSR count). The minimum Gasteiger partial charge on any atom is -0.463 e. The van der Waals surface area contributed by atoms with Crippen LogP contribution in [0.25, 0.3) is 0 Å². The Balaban J connectivity index is 1.92.